The van der Waals surface area contributed by atoms with Crippen LogP contribution in [-0.4, -0.2) is 46.9 Å². The van der Waals surface area contributed by atoms with Gasteiger partial charge in [0.2, 0.25) is 5.91 Å². The van der Waals surface area contributed by atoms with Crippen molar-refractivity contribution in [2.24, 2.45) is 0 Å². The number of carbonyl (C=O) groups is 1. The summed E-state index contributed by atoms with van der Waals surface area (Å²) >= 11 is 5.94. The van der Waals surface area contributed by atoms with E-state index in [1.54, 1.807) is 11.8 Å². The first-order valence-electron chi connectivity index (χ1n) is 7.52. The number of morpholine rings is 1. The van der Waals surface area contributed by atoms with Gasteiger partial charge in [0.25, 0.3) is 0 Å². The van der Waals surface area contributed by atoms with Crippen LogP contribution in [0.1, 0.15) is 43.1 Å². The van der Waals surface area contributed by atoms with Gasteiger partial charge in [-0.05, 0) is 19.8 Å². The van der Waals surface area contributed by atoms with Gasteiger partial charge in [-0.15, -0.1) is 0 Å². The number of hydrogen-bond donors (Lipinski definition) is 0. The average molecular weight is 352 g/mol. The summed E-state index contributed by atoms with van der Waals surface area (Å²) in [6, 6.07) is -0.822. The number of ether oxygens (including phenoxy) is 1. The van der Waals surface area contributed by atoms with Gasteiger partial charge < -0.3 is 9.64 Å². The Kier molecular flexibility index (Phi) is 4.31. The van der Waals surface area contributed by atoms with Crippen molar-refractivity contribution < 1.29 is 22.7 Å². The first kappa shape index (κ1) is 16.6. The quantitative estimate of drug-likeness (QED) is 0.841. The average Bonchev–Trinajstić information content (AvgIpc) is 3.28. The molecule has 0 aromatic carbocycles. The fourth-order valence-electron chi connectivity index (χ4n) is 2.78. The third-order valence-electron chi connectivity index (χ3n) is 4.17. The van der Waals surface area contributed by atoms with Crippen molar-refractivity contribution in [3.63, 3.8) is 0 Å². The summed E-state index contributed by atoms with van der Waals surface area (Å²) in [5, 5.41) is 3.27. The van der Waals surface area contributed by atoms with Gasteiger partial charge in [0, 0.05) is 19.0 Å². The molecule has 1 amide bonds. The summed E-state index contributed by atoms with van der Waals surface area (Å²) in [5.41, 5.74) is -0.782. The lowest BCUT2D eigenvalue weighted by Crippen LogP contribution is -2.44. The molecule has 1 aromatic heterocycles. The molecule has 1 atom stereocenters. The minimum atomic E-state index is -4.63. The second-order valence-corrected chi connectivity index (χ2v) is 6.26. The van der Waals surface area contributed by atoms with Crippen LogP contribution in [0.5, 0.6) is 0 Å². The van der Waals surface area contributed by atoms with Crippen molar-refractivity contribution in [2.45, 2.75) is 37.9 Å². The Labute approximate surface area is 136 Å². The predicted octanol–water partition coefficient (Wildman–Crippen LogP) is 2.85. The standard InChI is InChI=1S/C14H17ClF3N3O2/c1-8(13(22)20-4-6-23-7-5-20)21-11(9-2-3-9)10(15)12(19-21)14(16,17)18/h8-9H,2-7H2,1H3/t8-/m0/s1. The molecule has 3 rings (SSSR count). The Morgan fingerprint density at radius 2 is 1.96 bits per heavy atom. The van der Waals surface area contributed by atoms with Crippen molar-refractivity contribution in [1.29, 1.82) is 0 Å². The zero-order valence-corrected chi connectivity index (χ0v) is 13.3. The Morgan fingerprint density at radius 1 is 1.35 bits per heavy atom. The number of alkyl halides is 3. The first-order chi connectivity index (χ1) is 10.8. The molecule has 2 fully saturated rings. The van der Waals surface area contributed by atoms with Crippen molar-refractivity contribution in [2.75, 3.05) is 26.3 Å². The molecule has 0 bridgehead atoms. The van der Waals surface area contributed by atoms with Crippen LogP contribution in [0, 0.1) is 0 Å². The smallest absolute Gasteiger partial charge is 0.378 e. The molecule has 128 valence electrons. The van der Waals surface area contributed by atoms with Crippen molar-refractivity contribution in [3.8, 4) is 0 Å². The first-order valence-corrected chi connectivity index (χ1v) is 7.90. The van der Waals surface area contributed by atoms with Crippen molar-refractivity contribution >= 4 is 17.5 Å². The predicted molar refractivity (Wildman–Crippen MR) is 76.3 cm³/mol. The second-order valence-electron chi connectivity index (χ2n) is 5.88. The summed E-state index contributed by atoms with van der Waals surface area (Å²) < 4.78 is 45.6. The molecule has 5 nitrogen and oxygen atoms in total. The van der Waals surface area contributed by atoms with E-state index in [4.69, 9.17) is 16.3 Å². The Bertz CT molecular complexity index is 607. The van der Waals surface area contributed by atoms with Crippen molar-refractivity contribution in [1.82, 2.24) is 14.7 Å². The lowest BCUT2D eigenvalue weighted by molar-refractivity contribution is -0.143. The van der Waals surface area contributed by atoms with E-state index >= 15 is 0 Å². The molecule has 0 spiro atoms. The summed E-state index contributed by atoms with van der Waals surface area (Å²) in [6.07, 6.45) is -3.10. The Balaban J connectivity index is 1.93. The van der Waals surface area contributed by atoms with E-state index in [2.05, 4.69) is 5.10 Å². The van der Waals surface area contributed by atoms with Gasteiger partial charge >= 0.3 is 6.18 Å². The highest BCUT2D eigenvalue weighted by atomic mass is 35.5. The summed E-state index contributed by atoms with van der Waals surface area (Å²) in [6.45, 7) is 3.29. The number of rotatable bonds is 3. The number of nitrogens with zero attached hydrogens (tertiary/aromatic N) is 3. The van der Waals surface area contributed by atoms with Crippen LogP contribution in [0.25, 0.3) is 0 Å². The highest BCUT2D eigenvalue weighted by molar-refractivity contribution is 6.32. The van der Waals surface area contributed by atoms with Gasteiger partial charge in [-0.3, -0.25) is 9.48 Å². The Hall–Kier alpha value is -1.28. The number of hydrogen-bond acceptors (Lipinski definition) is 3. The largest absolute Gasteiger partial charge is 0.436 e. The van der Waals surface area contributed by atoms with E-state index in [0.29, 0.717) is 32.0 Å². The normalized spacial score (nSPS) is 20.7. The maximum Gasteiger partial charge on any atom is 0.436 e. The minimum absolute atomic E-state index is 0.0500. The van der Waals surface area contributed by atoms with Gasteiger partial charge in [-0.1, -0.05) is 11.6 Å². The molecule has 1 aliphatic heterocycles. The van der Waals surface area contributed by atoms with Crippen molar-refractivity contribution in [3.05, 3.63) is 16.4 Å². The topological polar surface area (TPSA) is 47.4 Å². The molecular weight excluding hydrogens is 335 g/mol. The third kappa shape index (κ3) is 3.19. The number of halogens is 4. The van der Waals surface area contributed by atoms with Gasteiger partial charge in [0.15, 0.2) is 5.69 Å². The van der Waals surface area contributed by atoms with E-state index < -0.39 is 17.9 Å². The zero-order chi connectivity index (χ0) is 16.8. The van der Waals surface area contributed by atoms with Crippen LogP contribution < -0.4 is 0 Å². The van der Waals surface area contributed by atoms with E-state index in [-0.39, 0.29) is 16.8 Å². The van der Waals surface area contributed by atoms with E-state index in [0.717, 1.165) is 12.8 Å². The molecule has 9 heteroatoms. The molecule has 2 aliphatic rings. The maximum atomic E-state index is 13.1. The van der Waals surface area contributed by atoms with Gasteiger partial charge in [-0.25, -0.2) is 0 Å². The van der Waals surface area contributed by atoms with Crippen LogP contribution in [0.4, 0.5) is 13.2 Å². The second kappa shape index (κ2) is 5.98. The summed E-state index contributed by atoms with van der Waals surface area (Å²) in [5.74, 6) is -0.311. The molecule has 23 heavy (non-hydrogen) atoms. The van der Waals surface area contributed by atoms with Crippen LogP contribution in [0.15, 0.2) is 0 Å². The fourth-order valence-corrected chi connectivity index (χ4v) is 3.17. The zero-order valence-electron chi connectivity index (χ0n) is 12.6. The van der Waals surface area contributed by atoms with Crippen LogP contribution in [-0.2, 0) is 15.7 Å². The van der Waals surface area contributed by atoms with E-state index in [1.807, 2.05) is 0 Å². The van der Waals surface area contributed by atoms with E-state index in [1.165, 1.54) is 4.68 Å². The fraction of sp³-hybridized carbons (Fsp3) is 0.714. The summed E-state index contributed by atoms with van der Waals surface area (Å²) in [7, 11) is 0. The molecule has 1 aromatic rings. The molecule has 1 aliphatic carbocycles. The molecule has 0 radical (unpaired) electrons. The molecule has 0 N–H and O–H groups in total. The highest BCUT2D eigenvalue weighted by Crippen LogP contribution is 2.47. The third-order valence-corrected chi connectivity index (χ3v) is 4.54. The van der Waals surface area contributed by atoms with Gasteiger partial charge in [0.1, 0.15) is 6.04 Å². The van der Waals surface area contributed by atoms with Gasteiger partial charge in [-0.2, -0.15) is 18.3 Å². The highest BCUT2D eigenvalue weighted by Gasteiger charge is 2.43. The molecule has 1 saturated heterocycles. The lowest BCUT2D eigenvalue weighted by Gasteiger charge is -2.29. The monoisotopic (exact) mass is 351 g/mol. The van der Waals surface area contributed by atoms with Crippen LogP contribution in [0.2, 0.25) is 5.02 Å². The number of carbonyl (C=O) groups excluding carboxylic acids is 1. The number of amides is 1. The van der Waals surface area contributed by atoms with Crippen LogP contribution in [0.3, 0.4) is 0 Å². The summed E-state index contributed by atoms with van der Waals surface area (Å²) in [4.78, 5) is 14.1. The minimum Gasteiger partial charge on any atom is -0.378 e. The Morgan fingerprint density at radius 3 is 2.48 bits per heavy atom. The van der Waals surface area contributed by atoms with Gasteiger partial charge in [0.05, 0.1) is 23.9 Å². The van der Waals surface area contributed by atoms with Crippen LogP contribution >= 0.6 is 11.6 Å². The molecule has 0 unspecified atom stereocenters. The lowest BCUT2D eigenvalue weighted by atomic mass is 10.2. The SMILES string of the molecule is C[C@@H](C(=O)N1CCOCC1)n1nc(C(F)(F)F)c(Cl)c1C1CC1. The molecule has 2 heterocycles. The molecular formula is C14H17ClF3N3O2. The number of aromatic nitrogens is 2. The molecule has 1 saturated carbocycles. The maximum absolute atomic E-state index is 13.1. The van der Waals surface area contributed by atoms with E-state index in [9.17, 15) is 18.0 Å².